The minimum Gasteiger partial charge on any atom is -0.466 e. The number of amides is 1. The minimum atomic E-state index is -0.501. The van der Waals surface area contributed by atoms with E-state index in [0.717, 1.165) is 44.4 Å². The summed E-state index contributed by atoms with van der Waals surface area (Å²) >= 11 is 0. The molecule has 0 spiro atoms. The number of carbonyl (C=O) groups excluding carboxylic acids is 1. The quantitative estimate of drug-likeness (QED) is 0.337. The lowest BCUT2D eigenvalue weighted by Gasteiger charge is -2.36. The summed E-state index contributed by atoms with van der Waals surface area (Å²) in [6.45, 7) is 12.5. The van der Waals surface area contributed by atoms with E-state index < -0.39 is 5.60 Å². The Morgan fingerprint density at radius 1 is 1.08 bits per heavy atom. The van der Waals surface area contributed by atoms with E-state index in [0.29, 0.717) is 37.6 Å². The fraction of sp³-hybridized carbons (Fsp3) is 0.448. The maximum absolute atomic E-state index is 12.4. The molecule has 4 heterocycles. The number of aryl methyl sites for hydroxylation is 3. The third-order valence-corrected chi connectivity index (χ3v) is 6.85. The lowest BCUT2D eigenvalue weighted by Crippen LogP contribution is -2.50. The van der Waals surface area contributed by atoms with Crippen LogP contribution in [0.3, 0.4) is 0 Å². The molecule has 39 heavy (non-hydrogen) atoms. The minimum absolute atomic E-state index is 0.127. The van der Waals surface area contributed by atoms with E-state index in [1.165, 1.54) is 0 Å². The Bertz CT molecular complexity index is 1530. The first-order chi connectivity index (χ1) is 18.5. The largest absolute Gasteiger partial charge is 0.466 e. The number of hydrogen-bond donors (Lipinski definition) is 0. The standard InChI is InChI=1S/C29H36N6O4/c1-18-12-24(23-13-20-16-33(6)32-25(20)19(2)26(23)38-17-37-7)31-27-22(18)14-21(15-30-27)34-8-10-35(11-9-34)28(36)39-29(3,4)5/h12-16H,8-11,17H2,1-7H3. The molecule has 0 atom stereocenters. The van der Waals surface area contributed by atoms with Gasteiger partial charge in [0, 0.05) is 68.4 Å². The van der Waals surface area contributed by atoms with Crippen molar-refractivity contribution in [1.82, 2.24) is 24.6 Å². The van der Waals surface area contributed by atoms with Crippen molar-refractivity contribution in [1.29, 1.82) is 0 Å². The van der Waals surface area contributed by atoms with Gasteiger partial charge in [-0.1, -0.05) is 0 Å². The van der Waals surface area contributed by atoms with Crippen LogP contribution >= 0.6 is 0 Å². The Balaban J connectivity index is 1.44. The zero-order valence-electron chi connectivity index (χ0n) is 23.7. The first kappa shape index (κ1) is 26.7. The molecule has 3 aromatic heterocycles. The van der Waals surface area contributed by atoms with Gasteiger partial charge in [0.2, 0.25) is 0 Å². The number of pyridine rings is 2. The fourth-order valence-electron chi connectivity index (χ4n) is 4.97. The molecule has 1 aliphatic rings. The van der Waals surface area contributed by atoms with E-state index >= 15 is 0 Å². The lowest BCUT2D eigenvalue weighted by atomic mass is 10.0. The van der Waals surface area contributed by atoms with Crippen LogP contribution in [-0.4, -0.2) is 76.4 Å². The Labute approximate surface area is 228 Å². The van der Waals surface area contributed by atoms with Crippen LogP contribution in [0.25, 0.3) is 33.2 Å². The van der Waals surface area contributed by atoms with Crippen LogP contribution < -0.4 is 9.64 Å². The van der Waals surface area contributed by atoms with Gasteiger partial charge in [-0.05, 0) is 58.4 Å². The van der Waals surface area contributed by atoms with E-state index in [4.69, 9.17) is 24.2 Å². The number of fused-ring (bicyclic) bond motifs is 2. The van der Waals surface area contributed by atoms with Crippen molar-refractivity contribution in [2.24, 2.45) is 7.05 Å². The highest BCUT2D eigenvalue weighted by Crippen LogP contribution is 2.38. The molecule has 0 radical (unpaired) electrons. The SMILES string of the molecule is COCOc1c(-c2cc(C)c3cc(N4CCN(C(=O)OC(C)(C)C)CC4)cnc3n2)cc2cn(C)nc2c1C. The average molecular weight is 533 g/mol. The highest BCUT2D eigenvalue weighted by molar-refractivity contribution is 5.92. The number of methoxy groups -OCH3 is 1. The summed E-state index contributed by atoms with van der Waals surface area (Å²) in [5.74, 6) is 0.703. The van der Waals surface area contributed by atoms with Crippen LogP contribution in [0.1, 0.15) is 31.9 Å². The second kappa shape index (κ2) is 10.3. The Hall–Kier alpha value is -3.92. The van der Waals surface area contributed by atoms with E-state index in [-0.39, 0.29) is 12.9 Å². The van der Waals surface area contributed by atoms with Crippen molar-refractivity contribution in [3.8, 4) is 17.0 Å². The molecular formula is C29H36N6O4. The molecule has 1 amide bonds. The van der Waals surface area contributed by atoms with Crippen LogP contribution in [-0.2, 0) is 16.5 Å². The lowest BCUT2D eigenvalue weighted by molar-refractivity contribution is 0.0240. The average Bonchev–Trinajstić information content (AvgIpc) is 3.27. The van der Waals surface area contributed by atoms with Gasteiger partial charge in [-0.25, -0.2) is 14.8 Å². The first-order valence-corrected chi connectivity index (χ1v) is 13.1. The number of nitrogens with zero attached hydrogens (tertiary/aromatic N) is 6. The molecular weight excluding hydrogens is 496 g/mol. The summed E-state index contributed by atoms with van der Waals surface area (Å²) in [6.07, 6.45) is 3.59. The Morgan fingerprint density at radius 3 is 2.51 bits per heavy atom. The maximum Gasteiger partial charge on any atom is 0.410 e. The highest BCUT2D eigenvalue weighted by Gasteiger charge is 2.26. The molecule has 1 fully saturated rings. The van der Waals surface area contributed by atoms with E-state index in [2.05, 4.69) is 35.1 Å². The summed E-state index contributed by atoms with van der Waals surface area (Å²) in [5, 5.41) is 6.60. The molecule has 206 valence electrons. The summed E-state index contributed by atoms with van der Waals surface area (Å²) in [5.41, 5.74) is 5.74. The number of aromatic nitrogens is 4. The molecule has 10 nitrogen and oxygen atoms in total. The number of carbonyl (C=O) groups is 1. The van der Waals surface area contributed by atoms with E-state index in [1.807, 2.05) is 47.1 Å². The van der Waals surface area contributed by atoms with Gasteiger partial charge in [-0.2, -0.15) is 5.10 Å². The van der Waals surface area contributed by atoms with Gasteiger partial charge in [-0.3, -0.25) is 4.68 Å². The molecule has 0 unspecified atom stereocenters. The number of benzene rings is 1. The molecule has 1 aliphatic heterocycles. The molecule has 5 rings (SSSR count). The highest BCUT2D eigenvalue weighted by atomic mass is 16.7. The summed E-state index contributed by atoms with van der Waals surface area (Å²) in [6, 6.07) is 6.27. The number of hydrogen-bond acceptors (Lipinski definition) is 8. The molecule has 0 bridgehead atoms. The van der Waals surface area contributed by atoms with E-state index in [9.17, 15) is 4.79 Å². The molecule has 1 saturated heterocycles. The topological polar surface area (TPSA) is 94.8 Å². The molecule has 1 aromatic carbocycles. The van der Waals surface area contributed by atoms with Gasteiger partial charge >= 0.3 is 6.09 Å². The van der Waals surface area contributed by atoms with Gasteiger partial charge in [-0.15, -0.1) is 0 Å². The molecule has 4 aromatic rings. The Morgan fingerprint density at radius 2 is 1.82 bits per heavy atom. The predicted molar refractivity (Wildman–Crippen MR) is 151 cm³/mol. The van der Waals surface area contributed by atoms with Crippen molar-refractivity contribution in [2.45, 2.75) is 40.2 Å². The van der Waals surface area contributed by atoms with Gasteiger partial charge < -0.3 is 24.0 Å². The van der Waals surface area contributed by atoms with Crippen molar-refractivity contribution in [3.05, 3.63) is 41.7 Å². The fourth-order valence-corrected chi connectivity index (χ4v) is 4.97. The zero-order chi connectivity index (χ0) is 27.9. The monoisotopic (exact) mass is 532 g/mol. The molecule has 0 saturated carbocycles. The van der Waals surface area contributed by atoms with Crippen molar-refractivity contribution in [2.75, 3.05) is 45.0 Å². The number of rotatable bonds is 5. The predicted octanol–water partition coefficient (Wildman–Crippen LogP) is 4.84. The third kappa shape index (κ3) is 5.47. The van der Waals surface area contributed by atoms with Crippen LogP contribution in [0.5, 0.6) is 5.75 Å². The van der Waals surface area contributed by atoms with Gasteiger partial charge in [0.05, 0.1) is 23.1 Å². The summed E-state index contributed by atoms with van der Waals surface area (Å²) < 4.78 is 18.5. The summed E-state index contributed by atoms with van der Waals surface area (Å²) in [7, 11) is 3.51. The van der Waals surface area contributed by atoms with Crippen LogP contribution in [0, 0.1) is 13.8 Å². The number of piperazine rings is 1. The van der Waals surface area contributed by atoms with Gasteiger partial charge in [0.25, 0.3) is 0 Å². The van der Waals surface area contributed by atoms with E-state index in [1.54, 1.807) is 16.7 Å². The van der Waals surface area contributed by atoms with Crippen molar-refractivity contribution < 1.29 is 19.0 Å². The van der Waals surface area contributed by atoms with Gasteiger partial charge in [0.15, 0.2) is 12.4 Å². The summed E-state index contributed by atoms with van der Waals surface area (Å²) in [4.78, 5) is 26.1. The number of ether oxygens (including phenoxy) is 3. The maximum atomic E-state index is 12.4. The second-order valence-electron chi connectivity index (χ2n) is 11.0. The Kier molecular flexibility index (Phi) is 7.07. The normalized spacial score (nSPS) is 14.3. The number of anilines is 1. The van der Waals surface area contributed by atoms with Crippen LogP contribution in [0.15, 0.2) is 30.6 Å². The van der Waals surface area contributed by atoms with Gasteiger partial charge in [0.1, 0.15) is 11.4 Å². The molecule has 10 heteroatoms. The molecule has 0 N–H and O–H groups in total. The van der Waals surface area contributed by atoms with Crippen LogP contribution in [0.2, 0.25) is 0 Å². The smallest absolute Gasteiger partial charge is 0.410 e. The van der Waals surface area contributed by atoms with Crippen molar-refractivity contribution >= 4 is 33.7 Å². The van der Waals surface area contributed by atoms with Crippen molar-refractivity contribution in [3.63, 3.8) is 0 Å². The first-order valence-electron chi connectivity index (χ1n) is 13.1. The second-order valence-corrected chi connectivity index (χ2v) is 11.0. The third-order valence-electron chi connectivity index (χ3n) is 6.85. The zero-order valence-corrected chi connectivity index (χ0v) is 23.7. The van der Waals surface area contributed by atoms with Crippen LogP contribution in [0.4, 0.5) is 10.5 Å². The molecule has 0 aliphatic carbocycles.